The molecule has 1 aromatic rings. The number of nitrogens with zero attached hydrogens (tertiary/aromatic N) is 2. The third kappa shape index (κ3) is 1.55. The highest BCUT2D eigenvalue weighted by atomic mass is 16.4. The maximum absolute atomic E-state index is 11.6. The van der Waals surface area contributed by atoms with Gasteiger partial charge in [0, 0.05) is 13.0 Å². The molecule has 5 nitrogen and oxygen atoms in total. The molecule has 0 aliphatic heterocycles. The second-order valence-electron chi connectivity index (χ2n) is 7.03. The molecule has 0 radical (unpaired) electrons. The highest BCUT2D eigenvalue weighted by Crippen LogP contribution is 2.60. The summed E-state index contributed by atoms with van der Waals surface area (Å²) >= 11 is 0. The second-order valence-corrected chi connectivity index (χ2v) is 7.03. The van der Waals surface area contributed by atoms with Gasteiger partial charge >= 0.3 is 5.97 Å². The van der Waals surface area contributed by atoms with Gasteiger partial charge in [-0.25, -0.2) is 4.79 Å². The van der Waals surface area contributed by atoms with Crippen LogP contribution in [0.2, 0.25) is 0 Å². The first-order valence-corrected chi connectivity index (χ1v) is 7.60. The number of nitrogen functional groups attached to an aromatic ring is 1. The summed E-state index contributed by atoms with van der Waals surface area (Å²) in [5.74, 6) is 2.68. The molecule has 4 aliphatic rings. The molecule has 5 rings (SSSR count). The fraction of sp³-hybridized carbons (Fsp3) is 0.733. The number of anilines is 1. The van der Waals surface area contributed by atoms with Crippen molar-refractivity contribution in [2.24, 2.45) is 30.7 Å². The minimum atomic E-state index is -0.931. The van der Waals surface area contributed by atoms with Crippen molar-refractivity contribution in [3.8, 4) is 0 Å². The van der Waals surface area contributed by atoms with E-state index in [0.717, 1.165) is 17.5 Å². The number of aryl methyl sites for hydroxylation is 1. The highest BCUT2D eigenvalue weighted by molar-refractivity contribution is 5.94. The van der Waals surface area contributed by atoms with Gasteiger partial charge < -0.3 is 10.8 Å². The molecule has 1 heterocycles. The third-order valence-electron chi connectivity index (χ3n) is 5.87. The van der Waals surface area contributed by atoms with Crippen LogP contribution in [-0.4, -0.2) is 20.9 Å². The van der Waals surface area contributed by atoms with E-state index in [1.807, 2.05) is 0 Å². The van der Waals surface area contributed by atoms with E-state index in [-0.39, 0.29) is 5.56 Å². The van der Waals surface area contributed by atoms with Crippen LogP contribution in [0.5, 0.6) is 0 Å². The molecular weight excluding hydrogens is 254 g/mol. The van der Waals surface area contributed by atoms with E-state index in [1.165, 1.54) is 36.8 Å². The number of aromatic carboxylic acids is 1. The standard InChI is InChI=1S/C15H21N3O2/c1-18-14(16)12(15(19)20)13(17-18)11-9-3-7-2-8(5-9)6-10(11)4-7/h7-11H,2-6,16H2,1H3,(H,19,20). The minimum Gasteiger partial charge on any atom is -0.477 e. The normalized spacial score (nSPS) is 38.4. The molecule has 0 amide bonds. The van der Waals surface area contributed by atoms with E-state index in [1.54, 1.807) is 7.05 Å². The smallest absolute Gasteiger partial charge is 0.341 e. The van der Waals surface area contributed by atoms with Crippen molar-refractivity contribution in [3.63, 3.8) is 0 Å². The first-order valence-electron chi connectivity index (χ1n) is 7.60. The zero-order chi connectivity index (χ0) is 14.0. The van der Waals surface area contributed by atoms with Crippen molar-refractivity contribution in [1.82, 2.24) is 9.78 Å². The molecule has 4 saturated carbocycles. The van der Waals surface area contributed by atoms with Crippen molar-refractivity contribution in [2.75, 3.05) is 5.73 Å². The molecule has 4 aliphatic carbocycles. The van der Waals surface area contributed by atoms with Crippen LogP contribution in [0.1, 0.15) is 54.1 Å². The summed E-state index contributed by atoms with van der Waals surface area (Å²) in [6, 6.07) is 0. The van der Waals surface area contributed by atoms with Crippen LogP contribution in [0.4, 0.5) is 5.82 Å². The summed E-state index contributed by atoms with van der Waals surface area (Å²) < 4.78 is 1.53. The number of hydrogen-bond donors (Lipinski definition) is 2. The van der Waals surface area contributed by atoms with Gasteiger partial charge in [0.15, 0.2) is 0 Å². The lowest BCUT2D eigenvalue weighted by Gasteiger charge is -2.54. The van der Waals surface area contributed by atoms with Gasteiger partial charge in [-0.2, -0.15) is 5.10 Å². The Bertz CT molecular complexity index is 550. The van der Waals surface area contributed by atoms with Gasteiger partial charge in [-0.1, -0.05) is 0 Å². The average molecular weight is 275 g/mol. The van der Waals surface area contributed by atoms with E-state index in [2.05, 4.69) is 5.10 Å². The molecule has 4 bridgehead atoms. The lowest BCUT2D eigenvalue weighted by molar-refractivity contribution is -0.00466. The van der Waals surface area contributed by atoms with Crippen molar-refractivity contribution in [3.05, 3.63) is 11.3 Å². The van der Waals surface area contributed by atoms with Crippen LogP contribution in [0.25, 0.3) is 0 Å². The Kier molecular flexibility index (Phi) is 2.44. The Labute approximate surface area is 118 Å². The maximum atomic E-state index is 11.6. The van der Waals surface area contributed by atoms with Crippen LogP contribution in [-0.2, 0) is 7.05 Å². The van der Waals surface area contributed by atoms with Gasteiger partial charge in [0.25, 0.3) is 0 Å². The fourth-order valence-electron chi connectivity index (χ4n) is 5.38. The number of aromatic nitrogens is 2. The Hall–Kier alpha value is -1.52. The fourth-order valence-corrected chi connectivity index (χ4v) is 5.38. The van der Waals surface area contributed by atoms with Crippen LogP contribution in [0, 0.1) is 23.7 Å². The first-order chi connectivity index (χ1) is 9.54. The lowest BCUT2D eigenvalue weighted by atomic mass is 9.51. The van der Waals surface area contributed by atoms with Gasteiger partial charge in [0.05, 0.1) is 5.69 Å². The predicted molar refractivity (Wildman–Crippen MR) is 74.4 cm³/mol. The van der Waals surface area contributed by atoms with Gasteiger partial charge in [0.2, 0.25) is 0 Å². The average Bonchev–Trinajstić information content (AvgIpc) is 2.64. The minimum absolute atomic E-state index is 0.255. The third-order valence-corrected chi connectivity index (χ3v) is 5.87. The summed E-state index contributed by atoms with van der Waals surface area (Å²) in [6.45, 7) is 0. The Balaban J connectivity index is 1.78. The van der Waals surface area contributed by atoms with Crippen LogP contribution in [0.3, 0.4) is 0 Å². The van der Waals surface area contributed by atoms with Crippen molar-refractivity contribution >= 4 is 11.8 Å². The Morgan fingerprint density at radius 3 is 2.25 bits per heavy atom. The molecule has 0 atom stereocenters. The molecule has 20 heavy (non-hydrogen) atoms. The quantitative estimate of drug-likeness (QED) is 0.867. The molecular formula is C15H21N3O2. The molecule has 0 aromatic carbocycles. The van der Waals surface area contributed by atoms with Crippen LogP contribution < -0.4 is 5.73 Å². The van der Waals surface area contributed by atoms with Crippen molar-refractivity contribution < 1.29 is 9.90 Å². The van der Waals surface area contributed by atoms with Crippen LogP contribution >= 0.6 is 0 Å². The number of carbonyl (C=O) groups is 1. The SMILES string of the molecule is Cn1nc(C2C3CC4CC(C3)CC2C4)c(C(=O)O)c1N. The topological polar surface area (TPSA) is 81.1 Å². The van der Waals surface area contributed by atoms with Gasteiger partial charge in [0.1, 0.15) is 11.4 Å². The zero-order valence-electron chi connectivity index (χ0n) is 11.7. The number of carboxylic acids is 1. The van der Waals surface area contributed by atoms with Gasteiger partial charge in [-0.05, 0) is 55.8 Å². The molecule has 4 fully saturated rings. The van der Waals surface area contributed by atoms with E-state index in [0.29, 0.717) is 23.6 Å². The van der Waals surface area contributed by atoms with Gasteiger partial charge in [-0.3, -0.25) is 4.68 Å². The Morgan fingerprint density at radius 2 is 1.75 bits per heavy atom. The summed E-state index contributed by atoms with van der Waals surface area (Å²) in [4.78, 5) is 11.6. The molecule has 3 N–H and O–H groups in total. The van der Waals surface area contributed by atoms with E-state index in [4.69, 9.17) is 5.73 Å². The van der Waals surface area contributed by atoms with E-state index < -0.39 is 5.97 Å². The van der Waals surface area contributed by atoms with Gasteiger partial charge in [-0.15, -0.1) is 0 Å². The summed E-state index contributed by atoms with van der Waals surface area (Å²) in [7, 11) is 1.74. The molecule has 1 aromatic heterocycles. The van der Waals surface area contributed by atoms with Crippen LogP contribution in [0.15, 0.2) is 0 Å². The number of rotatable bonds is 2. The maximum Gasteiger partial charge on any atom is 0.341 e. The second kappa shape index (κ2) is 3.99. The van der Waals surface area contributed by atoms with Crippen molar-refractivity contribution in [2.45, 2.75) is 38.0 Å². The summed E-state index contributed by atoms with van der Waals surface area (Å²) in [6.07, 6.45) is 6.43. The number of hydrogen-bond acceptors (Lipinski definition) is 3. The van der Waals surface area contributed by atoms with Crippen molar-refractivity contribution in [1.29, 1.82) is 0 Å². The van der Waals surface area contributed by atoms with E-state index in [9.17, 15) is 9.90 Å². The molecule has 0 spiro atoms. The largest absolute Gasteiger partial charge is 0.477 e. The Morgan fingerprint density at radius 1 is 1.20 bits per heavy atom. The molecule has 5 heteroatoms. The summed E-state index contributed by atoms with van der Waals surface area (Å²) in [5, 5.41) is 14.0. The highest BCUT2D eigenvalue weighted by Gasteiger charge is 2.50. The first kappa shape index (κ1) is 12.2. The number of carboxylic acid groups (broad SMARTS) is 1. The molecule has 108 valence electrons. The number of nitrogens with two attached hydrogens (primary N) is 1. The summed E-state index contributed by atoms with van der Waals surface area (Å²) in [5.41, 5.74) is 6.93. The molecule has 0 unspecified atom stereocenters. The lowest BCUT2D eigenvalue weighted by Crippen LogP contribution is -2.44. The monoisotopic (exact) mass is 275 g/mol. The molecule has 0 saturated heterocycles. The zero-order valence-corrected chi connectivity index (χ0v) is 11.7. The van der Waals surface area contributed by atoms with E-state index >= 15 is 0 Å². The predicted octanol–water partition coefficient (Wildman–Crippen LogP) is 2.24.